The molecule has 2 heterocycles. The third-order valence-corrected chi connectivity index (χ3v) is 7.10. The largest absolute Gasteiger partial charge is 0.396 e. The van der Waals surface area contributed by atoms with E-state index in [1.807, 2.05) is 65.6 Å². The van der Waals surface area contributed by atoms with Crippen LogP contribution >= 0.6 is 0 Å². The van der Waals surface area contributed by atoms with Crippen LogP contribution in [0, 0.1) is 0 Å². The van der Waals surface area contributed by atoms with E-state index in [4.69, 9.17) is 4.52 Å². The zero-order chi connectivity index (χ0) is 30.6. The van der Waals surface area contributed by atoms with Crippen LogP contribution in [0.15, 0.2) is 71.3 Å². The average molecular weight is 591 g/mol. The monoisotopic (exact) mass is 590 g/mol. The van der Waals surface area contributed by atoms with Crippen molar-refractivity contribution in [2.45, 2.75) is 50.9 Å². The van der Waals surface area contributed by atoms with Gasteiger partial charge >= 0.3 is 0 Å². The summed E-state index contributed by atoms with van der Waals surface area (Å²) in [6.45, 7) is 2.97. The first-order valence-corrected chi connectivity index (χ1v) is 14.4. The summed E-state index contributed by atoms with van der Waals surface area (Å²) in [6, 6.07) is 17.1. The number of aliphatic hydroxyl groups is 1. The van der Waals surface area contributed by atoms with Crippen LogP contribution in [0.1, 0.15) is 40.7 Å². The van der Waals surface area contributed by atoms with Crippen molar-refractivity contribution in [3.8, 4) is 0 Å². The molecule has 1 aromatic heterocycles. The van der Waals surface area contributed by atoms with E-state index in [0.29, 0.717) is 25.3 Å². The molecule has 12 heteroatoms. The van der Waals surface area contributed by atoms with Crippen LogP contribution in [0.3, 0.4) is 0 Å². The van der Waals surface area contributed by atoms with Gasteiger partial charge in [0.1, 0.15) is 18.1 Å². The molecule has 1 aliphatic rings. The van der Waals surface area contributed by atoms with Gasteiger partial charge in [-0.1, -0.05) is 65.8 Å². The van der Waals surface area contributed by atoms with Gasteiger partial charge in [0.15, 0.2) is 11.5 Å². The smallest absolute Gasteiger partial charge is 0.274 e. The van der Waals surface area contributed by atoms with Crippen LogP contribution in [0.25, 0.3) is 0 Å². The van der Waals surface area contributed by atoms with Crippen molar-refractivity contribution in [3.05, 3.63) is 89.3 Å². The van der Waals surface area contributed by atoms with Crippen molar-refractivity contribution >= 4 is 23.6 Å². The van der Waals surface area contributed by atoms with Gasteiger partial charge < -0.3 is 30.9 Å². The Hall–Kier alpha value is -4.55. The standard InChI is InChI=1S/C31H38N6O6/c1-21-28(39)34-26(18-23-11-6-3-7-12-23)30(41)35-25(17-22-9-4-2-5-10-22)29(40)32-13-15-37(14-8-16-38)20-24-19-27(36-43-24)31(42)33-21/h2-7,9-12,19,21,25-26,38H,8,13-18,20H2,1H3,(H,32,40)(H,33,42)(H,34,39)(H,35,41)/t21-,25+,26-/m0/s1. The zero-order valence-corrected chi connectivity index (χ0v) is 24.1. The van der Waals surface area contributed by atoms with Gasteiger partial charge in [-0.3, -0.25) is 24.1 Å². The summed E-state index contributed by atoms with van der Waals surface area (Å²) in [5.41, 5.74) is 1.67. The Kier molecular flexibility index (Phi) is 11.4. The highest BCUT2D eigenvalue weighted by Gasteiger charge is 2.29. The molecule has 0 fully saturated rings. The van der Waals surface area contributed by atoms with Crippen LogP contribution in [0.4, 0.5) is 0 Å². The second-order valence-electron chi connectivity index (χ2n) is 10.5. The molecule has 0 radical (unpaired) electrons. The molecule has 3 atom stereocenters. The lowest BCUT2D eigenvalue weighted by Crippen LogP contribution is -2.57. The molecule has 3 aromatic rings. The lowest BCUT2D eigenvalue weighted by molar-refractivity contribution is -0.132. The van der Waals surface area contributed by atoms with Gasteiger partial charge in [0.25, 0.3) is 5.91 Å². The maximum absolute atomic E-state index is 13.7. The zero-order valence-electron chi connectivity index (χ0n) is 24.1. The normalized spacial score (nSPS) is 21.1. The minimum absolute atomic E-state index is 0.00788. The van der Waals surface area contributed by atoms with Gasteiger partial charge in [-0.05, 0) is 24.5 Å². The van der Waals surface area contributed by atoms with E-state index >= 15 is 0 Å². The van der Waals surface area contributed by atoms with Crippen molar-refractivity contribution in [1.29, 1.82) is 0 Å². The van der Waals surface area contributed by atoms with E-state index in [2.05, 4.69) is 26.4 Å². The Morgan fingerprint density at radius 2 is 1.47 bits per heavy atom. The predicted molar refractivity (Wildman–Crippen MR) is 158 cm³/mol. The fraction of sp³-hybridized carbons (Fsp3) is 0.387. The molecule has 0 spiro atoms. The Balaban J connectivity index is 1.62. The second kappa shape index (κ2) is 15.6. The molecule has 12 nitrogen and oxygen atoms in total. The van der Waals surface area contributed by atoms with Crippen molar-refractivity contribution in [1.82, 2.24) is 31.3 Å². The summed E-state index contributed by atoms with van der Waals surface area (Å²) in [7, 11) is 0. The van der Waals surface area contributed by atoms with E-state index in [1.54, 1.807) is 0 Å². The lowest BCUT2D eigenvalue weighted by atomic mass is 10.0. The molecule has 0 aliphatic carbocycles. The number of aliphatic hydroxyl groups excluding tert-OH is 1. The highest BCUT2D eigenvalue weighted by molar-refractivity contribution is 5.97. The highest BCUT2D eigenvalue weighted by atomic mass is 16.5. The molecule has 0 unspecified atom stereocenters. The molecule has 4 amide bonds. The number of benzene rings is 2. The summed E-state index contributed by atoms with van der Waals surface area (Å²) in [4.78, 5) is 55.1. The second-order valence-corrected chi connectivity index (χ2v) is 10.5. The number of carbonyl (C=O) groups excluding carboxylic acids is 4. The molecule has 0 saturated carbocycles. The topological polar surface area (TPSA) is 166 Å². The van der Waals surface area contributed by atoms with Crippen LogP contribution in [0.2, 0.25) is 0 Å². The summed E-state index contributed by atoms with van der Waals surface area (Å²) >= 11 is 0. The van der Waals surface area contributed by atoms with Crippen molar-refractivity contribution in [2.75, 3.05) is 26.2 Å². The van der Waals surface area contributed by atoms with Crippen LogP contribution < -0.4 is 21.3 Å². The molecule has 0 saturated heterocycles. The number of hydrogen-bond donors (Lipinski definition) is 5. The summed E-state index contributed by atoms with van der Waals surface area (Å²) in [5.74, 6) is -1.65. The maximum atomic E-state index is 13.7. The fourth-order valence-corrected chi connectivity index (χ4v) is 4.76. The van der Waals surface area contributed by atoms with Crippen LogP contribution in [0.5, 0.6) is 0 Å². The van der Waals surface area contributed by atoms with E-state index in [0.717, 1.165) is 11.1 Å². The number of nitrogens with one attached hydrogen (secondary N) is 4. The molecule has 1 aliphatic heterocycles. The van der Waals surface area contributed by atoms with Crippen LogP contribution in [-0.4, -0.2) is 83.2 Å². The first-order chi connectivity index (χ1) is 20.8. The van der Waals surface area contributed by atoms with Gasteiger partial charge in [-0.15, -0.1) is 0 Å². The van der Waals surface area contributed by atoms with E-state index in [1.165, 1.54) is 13.0 Å². The third-order valence-electron chi connectivity index (χ3n) is 7.10. The Morgan fingerprint density at radius 3 is 2.09 bits per heavy atom. The molecule has 2 bridgehead atoms. The Morgan fingerprint density at radius 1 is 0.860 bits per heavy atom. The van der Waals surface area contributed by atoms with Gasteiger partial charge in [0, 0.05) is 45.1 Å². The predicted octanol–water partition coefficient (Wildman–Crippen LogP) is 0.562. The molecule has 4 rings (SSSR count). The molecule has 228 valence electrons. The number of rotatable bonds is 7. The third kappa shape index (κ3) is 9.48. The average Bonchev–Trinajstić information content (AvgIpc) is 3.48. The van der Waals surface area contributed by atoms with Gasteiger partial charge in [-0.25, -0.2) is 0 Å². The van der Waals surface area contributed by atoms with Gasteiger partial charge in [-0.2, -0.15) is 0 Å². The number of nitrogens with zero attached hydrogens (tertiary/aromatic N) is 2. The number of aromatic nitrogens is 1. The van der Waals surface area contributed by atoms with Crippen LogP contribution in [-0.2, 0) is 33.8 Å². The van der Waals surface area contributed by atoms with Crippen molar-refractivity contribution in [3.63, 3.8) is 0 Å². The van der Waals surface area contributed by atoms with Crippen molar-refractivity contribution in [2.24, 2.45) is 0 Å². The summed E-state index contributed by atoms with van der Waals surface area (Å²) in [5, 5.41) is 24.3. The maximum Gasteiger partial charge on any atom is 0.274 e. The highest BCUT2D eigenvalue weighted by Crippen LogP contribution is 2.10. The number of carbonyl (C=O) groups is 4. The lowest BCUT2D eigenvalue weighted by Gasteiger charge is -2.25. The first kappa shape index (κ1) is 31.4. The Labute approximate surface area is 250 Å². The quantitative estimate of drug-likeness (QED) is 0.266. The minimum atomic E-state index is -1.02. The molecule has 5 N–H and O–H groups in total. The van der Waals surface area contributed by atoms with Gasteiger partial charge in [0.2, 0.25) is 17.7 Å². The van der Waals surface area contributed by atoms with E-state index < -0.39 is 35.8 Å². The number of hydrogen-bond acceptors (Lipinski definition) is 8. The Bertz CT molecular complexity index is 1370. The molecule has 2 aromatic carbocycles. The number of fused-ring (bicyclic) bond motifs is 2. The summed E-state index contributed by atoms with van der Waals surface area (Å²) in [6.07, 6.45) is 0.911. The minimum Gasteiger partial charge on any atom is -0.396 e. The van der Waals surface area contributed by atoms with Gasteiger partial charge in [0.05, 0.1) is 6.54 Å². The SMILES string of the molecule is C[C@@H]1NC(=O)c2cc(on2)CN(CCCO)CCNC(=O)[C@@H](Cc2ccccc2)NC(=O)[C@H](Cc2ccccc2)NC1=O. The molecular weight excluding hydrogens is 552 g/mol. The summed E-state index contributed by atoms with van der Waals surface area (Å²) < 4.78 is 5.37. The first-order valence-electron chi connectivity index (χ1n) is 14.4. The fourth-order valence-electron chi connectivity index (χ4n) is 4.76. The number of amides is 4. The molecule has 43 heavy (non-hydrogen) atoms. The van der Waals surface area contributed by atoms with E-state index in [-0.39, 0.29) is 44.1 Å². The van der Waals surface area contributed by atoms with Crippen molar-refractivity contribution < 1.29 is 28.8 Å². The molecular formula is C31H38N6O6. The van der Waals surface area contributed by atoms with E-state index in [9.17, 15) is 24.3 Å².